The van der Waals surface area contributed by atoms with Gasteiger partial charge in [-0.05, 0) is 25.2 Å². The van der Waals surface area contributed by atoms with Crippen LogP contribution in [0.2, 0.25) is 0 Å². The minimum atomic E-state index is 0.686. The maximum absolute atomic E-state index is 4.72. The van der Waals surface area contributed by atoms with Crippen molar-refractivity contribution < 1.29 is 0 Å². The van der Waals surface area contributed by atoms with E-state index in [1.807, 2.05) is 11.3 Å². The van der Waals surface area contributed by atoms with E-state index >= 15 is 0 Å². The Morgan fingerprint density at radius 3 is 3.00 bits per heavy atom. The molecule has 1 aromatic heterocycles. The van der Waals surface area contributed by atoms with E-state index in [2.05, 4.69) is 26.1 Å². The highest BCUT2D eigenvalue weighted by Crippen LogP contribution is 2.39. The molecule has 3 heteroatoms. The Bertz CT molecular complexity index is 330. The van der Waals surface area contributed by atoms with E-state index in [-0.39, 0.29) is 0 Å². The minimum absolute atomic E-state index is 0.686. The molecule has 1 N–H and O–H groups in total. The van der Waals surface area contributed by atoms with Crippen molar-refractivity contribution in [2.24, 2.45) is 5.92 Å². The van der Waals surface area contributed by atoms with Gasteiger partial charge in [0.1, 0.15) is 0 Å². The molecule has 1 heterocycles. The van der Waals surface area contributed by atoms with Gasteiger partial charge in [-0.2, -0.15) is 0 Å². The van der Waals surface area contributed by atoms with E-state index < -0.39 is 0 Å². The average Bonchev–Trinajstić information content (AvgIpc) is 2.72. The SMILES string of the molecule is CCC1CCc2sc(NCC(C)C)nc21. The molecular formula is C12H20N2S. The van der Waals surface area contributed by atoms with Crippen molar-refractivity contribution in [3.05, 3.63) is 10.6 Å². The van der Waals surface area contributed by atoms with E-state index in [4.69, 9.17) is 4.98 Å². The van der Waals surface area contributed by atoms with E-state index in [0.717, 1.165) is 17.6 Å². The van der Waals surface area contributed by atoms with Crippen molar-refractivity contribution in [1.29, 1.82) is 0 Å². The summed E-state index contributed by atoms with van der Waals surface area (Å²) < 4.78 is 0. The molecule has 0 aromatic carbocycles. The molecule has 1 aliphatic rings. The molecule has 0 saturated heterocycles. The summed E-state index contributed by atoms with van der Waals surface area (Å²) in [5.74, 6) is 1.41. The molecule has 0 amide bonds. The van der Waals surface area contributed by atoms with Crippen LogP contribution in [0.3, 0.4) is 0 Å². The highest BCUT2D eigenvalue weighted by atomic mass is 32.1. The molecule has 1 unspecified atom stereocenters. The Labute approximate surface area is 96.1 Å². The maximum Gasteiger partial charge on any atom is 0.183 e. The topological polar surface area (TPSA) is 24.9 Å². The van der Waals surface area contributed by atoms with Gasteiger partial charge < -0.3 is 5.32 Å². The van der Waals surface area contributed by atoms with Crippen molar-refractivity contribution in [2.75, 3.05) is 11.9 Å². The van der Waals surface area contributed by atoms with Gasteiger partial charge in [0.15, 0.2) is 5.13 Å². The van der Waals surface area contributed by atoms with Crippen molar-refractivity contribution in [3.8, 4) is 0 Å². The van der Waals surface area contributed by atoms with E-state index in [0.29, 0.717) is 5.92 Å². The van der Waals surface area contributed by atoms with Gasteiger partial charge in [-0.1, -0.05) is 20.8 Å². The lowest BCUT2D eigenvalue weighted by Crippen LogP contribution is -2.07. The van der Waals surface area contributed by atoms with Gasteiger partial charge in [-0.3, -0.25) is 0 Å². The van der Waals surface area contributed by atoms with Crippen LogP contribution in [0.4, 0.5) is 5.13 Å². The number of hydrogen-bond acceptors (Lipinski definition) is 3. The van der Waals surface area contributed by atoms with E-state index in [1.54, 1.807) is 0 Å². The first-order valence-electron chi connectivity index (χ1n) is 5.94. The van der Waals surface area contributed by atoms with Gasteiger partial charge in [0, 0.05) is 17.3 Å². The van der Waals surface area contributed by atoms with Crippen molar-refractivity contribution >= 4 is 16.5 Å². The smallest absolute Gasteiger partial charge is 0.183 e. The molecule has 0 fully saturated rings. The number of nitrogens with one attached hydrogen (secondary N) is 1. The lowest BCUT2D eigenvalue weighted by atomic mass is 10.1. The van der Waals surface area contributed by atoms with Gasteiger partial charge >= 0.3 is 0 Å². The molecule has 1 aromatic rings. The van der Waals surface area contributed by atoms with Crippen LogP contribution < -0.4 is 5.32 Å². The van der Waals surface area contributed by atoms with Crippen LogP contribution in [-0.2, 0) is 6.42 Å². The fourth-order valence-electron chi connectivity index (χ4n) is 2.07. The largest absolute Gasteiger partial charge is 0.361 e. The Kier molecular flexibility index (Phi) is 3.29. The Hall–Kier alpha value is -0.570. The lowest BCUT2D eigenvalue weighted by molar-refractivity contribution is 0.642. The molecule has 2 rings (SSSR count). The fourth-order valence-corrected chi connectivity index (χ4v) is 3.14. The summed E-state index contributed by atoms with van der Waals surface area (Å²) in [6.45, 7) is 7.75. The van der Waals surface area contributed by atoms with Gasteiger partial charge in [-0.15, -0.1) is 11.3 Å². The van der Waals surface area contributed by atoms with Gasteiger partial charge in [0.05, 0.1) is 5.69 Å². The molecule has 2 nitrogen and oxygen atoms in total. The van der Waals surface area contributed by atoms with Crippen LogP contribution in [0.15, 0.2) is 0 Å². The highest BCUT2D eigenvalue weighted by Gasteiger charge is 2.25. The van der Waals surface area contributed by atoms with Crippen LogP contribution in [0.1, 0.15) is 50.1 Å². The first kappa shape index (κ1) is 10.9. The summed E-state index contributed by atoms with van der Waals surface area (Å²) in [6.07, 6.45) is 3.80. The fraction of sp³-hybridized carbons (Fsp3) is 0.750. The van der Waals surface area contributed by atoms with Crippen LogP contribution in [-0.4, -0.2) is 11.5 Å². The number of nitrogens with zero attached hydrogens (tertiary/aromatic N) is 1. The van der Waals surface area contributed by atoms with Crippen molar-refractivity contribution in [3.63, 3.8) is 0 Å². The molecule has 1 atom stereocenters. The second-order valence-electron chi connectivity index (χ2n) is 4.75. The molecule has 0 saturated carbocycles. The van der Waals surface area contributed by atoms with Crippen molar-refractivity contribution in [1.82, 2.24) is 4.98 Å². The third-order valence-electron chi connectivity index (χ3n) is 2.99. The zero-order valence-electron chi connectivity index (χ0n) is 9.84. The third kappa shape index (κ3) is 2.33. The van der Waals surface area contributed by atoms with Crippen LogP contribution in [0.5, 0.6) is 0 Å². The Balaban J connectivity index is 2.04. The average molecular weight is 224 g/mol. The molecule has 0 aliphatic heterocycles. The molecule has 1 aliphatic carbocycles. The molecule has 15 heavy (non-hydrogen) atoms. The number of hydrogen-bond donors (Lipinski definition) is 1. The van der Waals surface area contributed by atoms with Crippen LogP contribution in [0.25, 0.3) is 0 Å². The third-order valence-corrected chi connectivity index (χ3v) is 4.08. The number of aromatic nitrogens is 1. The second-order valence-corrected chi connectivity index (χ2v) is 5.83. The van der Waals surface area contributed by atoms with E-state index in [1.165, 1.54) is 29.8 Å². The van der Waals surface area contributed by atoms with Crippen LogP contribution in [0, 0.1) is 5.92 Å². The number of rotatable bonds is 4. The van der Waals surface area contributed by atoms with Gasteiger partial charge in [0.25, 0.3) is 0 Å². The number of thiazole rings is 1. The minimum Gasteiger partial charge on any atom is -0.361 e. The quantitative estimate of drug-likeness (QED) is 0.844. The summed E-state index contributed by atoms with van der Waals surface area (Å²) >= 11 is 1.86. The Morgan fingerprint density at radius 2 is 2.33 bits per heavy atom. The lowest BCUT2D eigenvalue weighted by Gasteiger charge is -2.06. The monoisotopic (exact) mass is 224 g/mol. The normalized spacial score (nSPS) is 19.6. The first-order chi connectivity index (χ1) is 7.20. The summed E-state index contributed by atoms with van der Waals surface area (Å²) in [5.41, 5.74) is 1.38. The van der Waals surface area contributed by atoms with Crippen molar-refractivity contribution in [2.45, 2.75) is 46.0 Å². The number of fused-ring (bicyclic) bond motifs is 1. The zero-order valence-corrected chi connectivity index (χ0v) is 10.7. The predicted molar refractivity (Wildman–Crippen MR) is 66.8 cm³/mol. The standard InChI is InChI=1S/C12H20N2S/c1-4-9-5-6-10-11(9)14-12(15-10)13-7-8(2)3/h8-9H,4-7H2,1-3H3,(H,13,14). The zero-order chi connectivity index (χ0) is 10.8. The maximum atomic E-state index is 4.72. The summed E-state index contributed by atoms with van der Waals surface area (Å²) in [4.78, 5) is 6.24. The highest BCUT2D eigenvalue weighted by molar-refractivity contribution is 7.15. The number of aryl methyl sites for hydroxylation is 1. The molecule has 0 radical (unpaired) electrons. The van der Waals surface area contributed by atoms with Gasteiger partial charge in [0.2, 0.25) is 0 Å². The van der Waals surface area contributed by atoms with Gasteiger partial charge in [-0.25, -0.2) is 4.98 Å². The summed E-state index contributed by atoms with van der Waals surface area (Å²) in [5, 5.41) is 4.56. The summed E-state index contributed by atoms with van der Waals surface area (Å²) in [7, 11) is 0. The Morgan fingerprint density at radius 1 is 1.53 bits per heavy atom. The second kappa shape index (κ2) is 4.52. The molecule has 84 valence electrons. The predicted octanol–water partition coefficient (Wildman–Crippen LogP) is 3.65. The molecular weight excluding hydrogens is 204 g/mol. The summed E-state index contributed by atoms with van der Waals surface area (Å²) in [6, 6.07) is 0. The number of anilines is 1. The molecule has 0 spiro atoms. The van der Waals surface area contributed by atoms with Crippen LogP contribution >= 0.6 is 11.3 Å². The first-order valence-corrected chi connectivity index (χ1v) is 6.75. The molecule has 0 bridgehead atoms. The van der Waals surface area contributed by atoms with E-state index in [9.17, 15) is 0 Å².